The fourth-order valence-electron chi connectivity index (χ4n) is 3.22. The highest BCUT2D eigenvalue weighted by atomic mass is 32.1. The normalized spacial score (nSPS) is 14.3. The lowest BCUT2D eigenvalue weighted by molar-refractivity contribution is 0.0342. The molecule has 1 aromatic heterocycles. The van der Waals surface area contributed by atoms with Crippen LogP contribution in [0, 0.1) is 0 Å². The molecule has 0 aliphatic carbocycles. The molecule has 1 aliphatic heterocycles. The summed E-state index contributed by atoms with van der Waals surface area (Å²) in [5, 5.41) is 7.60. The Morgan fingerprint density at radius 3 is 2.13 bits per heavy atom. The monoisotopic (exact) mass is 421 g/mol. The Bertz CT molecular complexity index is 980. The molecule has 0 saturated carbocycles. The molecular weight excluding hydrogens is 398 g/mol. The number of anilines is 2. The molecule has 0 spiro atoms. The highest BCUT2D eigenvalue weighted by Crippen LogP contribution is 2.17. The number of nitrogens with zero attached hydrogens (tertiary/aromatic N) is 1. The second-order valence-electron chi connectivity index (χ2n) is 7.05. The molecule has 1 fully saturated rings. The van der Waals surface area contributed by atoms with Crippen molar-refractivity contribution in [2.45, 2.75) is 6.54 Å². The lowest BCUT2D eigenvalue weighted by atomic mass is 10.1. The molecule has 6 nitrogen and oxygen atoms in total. The highest BCUT2D eigenvalue weighted by molar-refractivity contribution is 7.12. The van der Waals surface area contributed by atoms with E-state index >= 15 is 0 Å². The van der Waals surface area contributed by atoms with Crippen LogP contribution in [0.1, 0.15) is 25.6 Å². The second kappa shape index (κ2) is 9.67. The third kappa shape index (κ3) is 5.33. The first-order valence-corrected chi connectivity index (χ1v) is 10.7. The first-order chi connectivity index (χ1) is 14.7. The molecule has 2 amide bonds. The van der Waals surface area contributed by atoms with Gasteiger partial charge in [-0.15, -0.1) is 11.3 Å². The van der Waals surface area contributed by atoms with Crippen LogP contribution in [0.4, 0.5) is 11.4 Å². The van der Waals surface area contributed by atoms with Crippen LogP contribution in [0.15, 0.2) is 66.0 Å². The van der Waals surface area contributed by atoms with Crippen molar-refractivity contribution in [1.29, 1.82) is 0 Å². The molecule has 7 heteroatoms. The average Bonchev–Trinajstić information content (AvgIpc) is 3.32. The number of rotatable bonds is 6. The molecular formula is C23H23N3O3S. The lowest BCUT2D eigenvalue weighted by Gasteiger charge is -2.26. The predicted molar refractivity (Wildman–Crippen MR) is 119 cm³/mol. The number of ether oxygens (including phenoxy) is 1. The number of morpholine rings is 1. The molecule has 4 rings (SSSR count). The van der Waals surface area contributed by atoms with Gasteiger partial charge < -0.3 is 15.4 Å². The maximum Gasteiger partial charge on any atom is 0.265 e. The van der Waals surface area contributed by atoms with Crippen molar-refractivity contribution in [1.82, 2.24) is 4.90 Å². The van der Waals surface area contributed by atoms with Gasteiger partial charge in [0.15, 0.2) is 0 Å². The minimum Gasteiger partial charge on any atom is -0.379 e. The molecule has 0 unspecified atom stereocenters. The van der Waals surface area contributed by atoms with E-state index in [1.165, 1.54) is 16.9 Å². The van der Waals surface area contributed by atoms with Crippen molar-refractivity contribution in [2.24, 2.45) is 0 Å². The molecule has 2 aromatic carbocycles. The summed E-state index contributed by atoms with van der Waals surface area (Å²) < 4.78 is 5.38. The molecule has 0 radical (unpaired) electrons. The zero-order valence-electron chi connectivity index (χ0n) is 16.5. The summed E-state index contributed by atoms with van der Waals surface area (Å²) in [6, 6.07) is 18.4. The Balaban J connectivity index is 1.31. The van der Waals surface area contributed by atoms with Crippen LogP contribution in [0.2, 0.25) is 0 Å². The lowest BCUT2D eigenvalue weighted by Crippen LogP contribution is -2.35. The molecule has 2 N–H and O–H groups in total. The van der Waals surface area contributed by atoms with Crippen LogP contribution in [-0.4, -0.2) is 43.0 Å². The van der Waals surface area contributed by atoms with Gasteiger partial charge in [-0.3, -0.25) is 14.5 Å². The number of hydrogen-bond acceptors (Lipinski definition) is 5. The van der Waals surface area contributed by atoms with E-state index in [0.29, 0.717) is 16.1 Å². The molecule has 0 bridgehead atoms. The van der Waals surface area contributed by atoms with Crippen molar-refractivity contribution < 1.29 is 14.3 Å². The predicted octanol–water partition coefficient (Wildman–Crippen LogP) is 4.08. The smallest absolute Gasteiger partial charge is 0.265 e. The van der Waals surface area contributed by atoms with Crippen LogP contribution >= 0.6 is 11.3 Å². The number of carbonyl (C=O) groups is 2. The van der Waals surface area contributed by atoms with E-state index < -0.39 is 0 Å². The van der Waals surface area contributed by atoms with Crippen molar-refractivity contribution in [3.63, 3.8) is 0 Å². The first-order valence-electron chi connectivity index (χ1n) is 9.83. The van der Waals surface area contributed by atoms with Crippen molar-refractivity contribution in [3.05, 3.63) is 82.0 Å². The topological polar surface area (TPSA) is 70.7 Å². The third-order valence-corrected chi connectivity index (χ3v) is 5.74. The largest absolute Gasteiger partial charge is 0.379 e. The van der Waals surface area contributed by atoms with Crippen LogP contribution in [0.5, 0.6) is 0 Å². The number of benzene rings is 2. The van der Waals surface area contributed by atoms with Gasteiger partial charge in [-0.2, -0.15) is 0 Å². The number of carbonyl (C=O) groups excluding carboxylic acids is 2. The average molecular weight is 422 g/mol. The van der Waals surface area contributed by atoms with E-state index in [1.807, 2.05) is 35.7 Å². The Kier molecular flexibility index (Phi) is 6.53. The summed E-state index contributed by atoms with van der Waals surface area (Å²) >= 11 is 1.39. The summed E-state index contributed by atoms with van der Waals surface area (Å²) in [4.78, 5) is 27.6. The van der Waals surface area contributed by atoms with Crippen LogP contribution in [0.25, 0.3) is 0 Å². The summed E-state index contributed by atoms with van der Waals surface area (Å²) in [6.45, 7) is 4.34. The Labute approximate surface area is 179 Å². The minimum absolute atomic E-state index is 0.153. The quantitative estimate of drug-likeness (QED) is 0.629. The van der Waals surface area contributed by atoms with Crippen LogP contribution < -0.4 is 10.6 Å². The molecule has 1 aliphatic rings. The number of hydrogen-bond donors (Lipinski definition) is 2. The van der Waals surface area contributed by atoms with Crippen LogP contribution in [-0.2, 0) is 11.3 Å². The number of thiophene rings is 1. The molecule has 1 saturated heterocycles. The van der Waals surface area contributed by atoms with Gasteiger partial charge in [0.25, 0.3) is 11.8 Å². The summed E-state index contributed by atoms with van der Waals surface area (Å²) in [6.07, 6.45) is 0. The molecule has 3 aromatic rings. The number of nitrogens with one attached hydrogen (secondary N) is 2. The van der Waals surface area contributed by atoms with E-state index in [2.05, 4.69) is 15.5 Å². The number of amides is 2. The van der Waals surface area contributed by atoms with E-state index in [0.717, 1.165) is 38.5 Å². The maximum atomic E-state index is 12.5. The Morgan fingerprint density at radius 1 is 0.867 bits per heavy atom. The van der Waals surface area contributed by atoms with Gasteiger partial charge in [0.05, 0.1) is 18.1 Å². The van der Waals surface area contributed by atoms with Gasteiger partial charge in [-0.05, 0) is 53.4 Å². The van der Waals surface area contributed by atoms with Gasteiger partial charge in [0.1, 0.15) is 0 Å². The fourth-order valence-corrected chi connectivity index (χ4v) is 3.84. The zero-order valence-corrected chi connectivity index (χ0v) is 17.3. The maximum absolute atomic E-state index is 12.5. The van der Waals surface area contributed by atoms with E-state index in [4.69, 9.17) is 4.74 Å². The standard InChI is InChI=1S/C23H23N3O3S/c27-22(18-5-9-20(10-6-18)25-23(28)21-2-1-15-30-21)24-19-7-3-17(4-8-19)16-26-11-13-29-14-12-26/h1-10,15H,11-14,16H2,(H,24,27)(H,25,28). The van der Waals surface area contributed by atoms with E-state index in [1.54, 1.807) is 30.3 Å². The Hall–Kier alpha value is -3.00. The fraction of sp³-hybridized carbons (Fsp3) is 0.217. The van der Waals surface area contributed by atoms with Gasteiger partial charge in [0, 0.05) is 36.6 Å². The summed E-state index contributed by atoms with van der Waals surface area (Å²) in [5.74, 6) is -0.341. The molecule has 30 heavy (non-hydrogen) atoms. The summed E-state index contributed by atoms with van der Waals surface area (Å²) in [5.41, 5.74) is 3.14. The Morgan fingerprint density at radius 2 is 1.50 bits per heavy atom. The first kappa shape index (κ1) is 20.3. The van der Waals surface area contributed by atoms with Gasteiger partial charge in [-0.1, -0.05) is 18.2 Å². The zero-order chi connectivity index (χ0) is 20.8. The van der Waals surface area contributed by atoms with Gasteiger partial charge in [-0.25, -0.2) is 0 Å². The second-order valence-corrected chi connectivity index (χ2v) is 8.00. The van der Waals surface area contributed by atoms with Crippen molar-refractivity contribution >= 4 is 34.5 Å². The molecule has 2 heterocycles. The van der Waals surface area contributed by atoms with Gasteiger partial charge >= 0.3 is 0 Å². The van der Waals surface area contributed by atoms with E-state index in [9.17, 15) is 9.59 Å². The minimum atomic E-state index is -0.188. The van der Waals surface area contributed by atoms with Gasteiger partial charge in [0.2, 0.25) is 0 Å². The SMILES string of the molecule is O=C(Nc1ccc(CN2CCOCC2)cc1)c1ccc(NC(=O)c2cccs2)cc1. The van der Waals surface area contributed by atoms with E-state index in [-0.39, 0.29) is 11.8 Å². The van der Waals surface area contributed by atoms with Crippen molar-refractivity contribution in [2.75, 3.05) is 36.9 Å². The highest BCUT2D eigenvalue weighted by Gasteiger charge is 2.12. The summed E-state index contributed by atoms with van der Waals surface area (Å²) in [7, 11) is 0. The van der Waals surface area contributed by atoms with Crippen LogP contribution in [0.3, 0.4) is 0 Å². The molecule has 154 valence electrons. The van der Waals surface area contributed by atoms with Crippen molar-refractivity contribution in [3.8, 4) is 0 Å². The molecule has 0 atom stereocenters. The third-order valence-electron chi connectivity index (χ3n) is 4.87.